The number of aliphatic hydroxyl groups is 1. The summed E-state index contributed by atoms with van der Waals surface area (Å²) in [6.07, 6.45) is 3.15. The number of rotatable bonds is 6. The SMILES string of the molecule is Cl.O=C(CCC1CCCN1)NCC(O)c1ccccc1. The van der Waals surface area contributed by atoms with Crippen molar-refractivity contribution in [3.05, 3.63) is 35.9 Å². The molecule has 112 valence electrons. The van der Waals surface area contributed by atoms with Crippen LogP contribution < -0.4 is 10.6 Å². The monoisotopic (exact) mass is 298 g/mol. The van der Waals surface area contributed by atoms with Gasteiger partial charge in [0.15, 0.2) is 0 Å². The smallest absolute Gasteiger partial charge is 0.220 e. The third kappa shape index (κ3) is 5.49. The Morgan fingerprint density at radius 1 is 1.40 bits per heavy atom. The minimum Gasteiger partial charge on any atom is -0.387 e. The summed E-state index contributed by atoms with van der Waals surface area (Å²) in [5.41, 5.74) is 0.834. The molecule has 1 aromatic carbocycles. The molecule has 0 aliphatic carbocycles. The van der Waals surface area contributed by atoms with Crippen molar-refractivity contribution in [1.29, 1.82) is 0 Å². The van der Waals surface area contributed by atoms with E-state index in [9.17, 15) is 9.90 Å². The largest absolute Gasteiger partial charge is 0.387 e. The average Bonchev–Trinajstić information content (AvgIpc) is 2.96. The van der Waals surface area contributed by atoms with E-state index < -0.39 is 6.10 Å². The molecule has 2 atom stereocenters. The zero-order valence-corrected chi connectivity index (χ0v) is 12.4. The average molecular weight is 299 g/mol. The van der Waals surface area contributed by atoms with Crippen molar-refractivity contribution in [2.45, 2.75) is 37.8 Å². The van der Waals surface area contributed by atoms with E-state index in [1.54, 1.807) is 0 Å². The van der Waals surface area contributed by atoms with Crippen LogP contribution in [0.2, 0.25) is 0 Å². The van der Waals surface area contributed by atoms with Crippen LogP contribution in [0.15, 0.2) is 30.3 Å². The minimum absolute atomic E-state index is 0. The molecule has 2 unspecified atom stereocenters. The Labute approximate surface area is 126 Å². The second kappa shape index (κ2) is 8.95. The fourth-order valence-corrected chi connectivity index (χ4v) is 2.40. The zero-order chi connectivity index (χ0) is 13.5. The van der Waals surface area contributed by atoms with Crippen LogP contribution in [0.4, 0.5) is 0 Å². The van der Waals surface area contributed by atoms with Crippen molar-refractivity contribution >= 4 is 18.3 Å². The Kier molecular flexibility index (Phi) is 7.59. The van der Waals surface area contributed by atoms with Gasteiger partial charge in [0, 0.05) is 19.0 Å². The molecular weight excluding hydrogens is 276 g/mol. The summed E-state index contributed by atoms with van der Waals surface area (Å²) in [5, 5.41) is 16.1. The molecule has 3 N–H and O–H groups in total. The Balaban J connectivity index is 0.00000200. The highest BCUT2D eigenvalue weighted by atomic mass is 35.5. The van der Waals surface area contributed by atoms with E-state index in [1.165, 1.54) is 12.8 Å². The van der Waals surface area contributed by atoms with Crippen LogP contribution in [0.1, 0.15) is 37.4 Å². The first-order valence-corrected chi connectivity index (χ1v) is 6.99. The van der Waals surface area contributed by atoms with E-state index in [0.717, 1.165) is 18.5 Å². The summed E-state index contributed by atoms with van der Waals surface area (Å²) >= 11 is 0. The molecule has 2 rings (SSSR count). The molecule has 0 saturated carbocycles. The van der Waals surface area contributed by atoms with Crippen molar-refractivity contribution in [2.24, 2.45) is 0 Å². The second-order valence-electron chi connectivity index (χ2n) is 5.06. The number of benzene rings is 1. The molecule has 1 aromatic rings. The highest BCUT2D eigenvalue weighted by Crippen LogP contribution is 2.12. The van der Waals surface area contributed by atoms with Crippen LogP contribution in [0.25, 0.3) is 0 Å². The highest BCUT2D eigenvalue weighted by molar-refractivity contribution is 5.85. The number of aliphatic hydroxyl groups excluding tert-OH is 1. The molecule has 1 aliphatic heterocycles. The van der Waals surface area contributed by atoms with E-state index in [0.29, 0.717) is 12.5 Å². The fourth-order valence-electron chi connectivity index (χ4n) is 2.40. The van der Waals surface area contributed by atoms with Gasteiger partial charge in [-0.1, -0.05) is 30.3 Å². The number of halogens is 1. The van der Waals surface area contributed by atoms with Crippen LogP contribution in [0.5, 0.6) is 0 Å². The van der Waals surface area contributed by atoms with Crippen LogP contribution in [-0.4, -0.2) is 30.1 Å². The van der Waals surface area contributed by atoms with E-state index in [2.05, 4.69) is 10.6 Å². The molecule has 0 aromatic heterocycles. The second-order valence-corrected chi connectivity index (χ2v) is 5.06. The lowest BCUT2D eigenvalue weighted by molar-refractivity contribution is -0.121. The van der Waals surface area contributed by atoms with Gasteiger partial charge in [-0.3, -0.25) is 4.79 Å². The summed E-state index contributed by atoms with van der Waals surface area (Å²) in [4.78, 5) is 11.7. The third-order valence-electron chi connectivity index (χ3n) is 3.56. The van der Waals surface area contributed by atoms with Crippen LogP contribution in [-0.2, 0) is 4.79 Å². The van der Waals surface area contributed by atoms with Gasteiger partial charge in [-0.05, 0) is 31.4 Å². The molecule has 0 bridgehead atoms. The number of hydrogen-bond acceptors (Lipinski definition) is 3. The lowest BCUT2D eigenvalue weighted by Crippen LogP contribution is -2.30. The predicted octanol–water partition coefficient (Wildman–Crippen LogP) is 1.79. The summed E-state index contributed by atoms with van der Waals surface area (Å²) in [6, 6.07) is 9.88. The predicted molar refractivity (Wildman–Crippen MR) is 81.9 cm³/mol. The van der Waals surface area contributed by atoms with Gasteiger partial charge in [-0.15, -0.1) is 12.4 Å². The van der Waals surface area contributed by atoms with Gasteiger partial charge in [-0.25, -0.2) is 0 Å². The Morgan fingerprint density at radius 2 is 2.15 bits per heavy atom. The van der Waals surface area contributed by atoms with Crippen LogP contribution in [0, 0.1) is 0 Å². The molecule has 1 fully saturated rings. The maximum absolute atomic E-state index is 11.7. The first kappa shape index (κ1) is 17.0. The van der Waals surface area contributed by atoms with Gasteiger partial charge >= 0.3 is 0 Å². The molecule has 1 saturated heterocycles. The molecule has 0 radical (unpaired) electrons. The normalized spacial score (nSPS) is 19.1. The van der Waals surface area contributed by atoms with Crippen LogP contribution >= 0.6 is 12.4 Å². The van der Waals surface area contributed by atoms with E-state index in [4.69, 9.17) is 0 Å². The molecule has 0 spiro atoms. The molecule has 20 heavy (non-hydrogen) atoms. The molecule has 4 nitrogen and oxygen atoms in total. The van der Waals surface area contributed by atoms with Crippen molar-refractivity contribution in [1.82, 2.24) is 10.6 Å². The third-order valence-corrected chi connectivity index (χ3v) is 3.56. The Hall–Kier alpha value is -1.10. The van der Waals surface area contributed by atoms with Gasteiger partial charge < -0.3 is 15.7 Å². The Bertz CT molecular complexity index is 394. The van der Waals surface area contributed by atoms with Crippen molar-refractivity contribution in [3.63, 3.8) is 0 Å². The molecule has 1 heterocycles. The van der Waals surface area contributed by atoms with Gasteiger partial charge in [0.25, 0.3) is 0 Å². The van der Waals surface area contributed by atoms with Gasteiger partial charge in [0.2, 0.25) is 5.91 Å². The molecule has 5 heteroatoms. The van der Waals surface area contributed by atoms with Crippen molar-refractivity contribution in [3.8, 4) is 0 Å². The number of carbonyl (C=O) groups excluding carboxylic acids is 1. The lowest BCUT2D eigenvalue weighted by Gasteiger charge is -2.13. The molecule has 1 amide bonds. The van der Waals surface area contributed by atoms with Gasteiger partial charge in [-0.2, -0.15) is 0 Å². The van der Waals surface area contributed by atoms with E-state index in [-0.39, 0.29) is 24.9 Å². The standard InChI is InChI=1S/C15H22N2O2.ClH/c18-14(12-5-2-1-3-6-12)11-17-15(19)9-8-13-7-4-10-16-13;/h1-3,5-6,13-14,16,18H,4,7-11H2,(H,17,19);1H. The molecule has 1 aliphatic rings. The van der Waals surface area contributed by atoms with Crippen molar-refractivity contribution in [2.75, 3.05) is 13.1 Å². The Morgan fingerprint density at radius 3 is 2.80 bits per heavy atom. The maximum Gasteiger partial charge on any atom is 0.220 e. The first-order valence-electron chi connectivity index (χ1n) is 6.99. The van der Waals surface area contributed by atoms with Gasteiger partial charge in [0.1, 0.15) is 0 Å². The summed E-state index contributed by atoms with van der Waals surface area (Å²) in [7, 11) is 0. The maximum atomic E-state index is 11.7. The van der Waals surface area contributed by atoms with Crippen LogP contribution in [0.3, 0.4) is 0 Å². The van der Waals surface area contributed by atoms with E-state index in [1.807, 2.05) is 30.3 Å². The summed E-state index contributed by atoms with van der Waals surface area (Å²) < 4.78 is 0. The summed E-state index contributed by atoms with van der Waals surface area (Å²) in [6.45, 7) is 1.35. The minimum atomic E-state index is -0.630. The lowest BCUT2D eigenvalue weighted by atomic mass is 10.1. The fraction of sp³-hybridized carbons (Fsp3) is 0.533. The highest BCUT2D eigenvalue weighted by Gasteiger charge is 2.15. The summed E-state index contributed by atoms with van der Waals surface area (Å²) in [5.74, 6) is 0.0173. The number of nitrogens with one attached hydrogen (secondary N) is 2. The number of carbonyl (C=O) groups is 1. The topological polar surface area (TPSA) is 61.4 Å². The number of amides is 1. The number of hydrogen-bond donors (Lipinski definition) is 3. The molecular formula is C15H23ClN2O2. The zero-order valence-electron chi connectivity index (χ0n) is 11.5. The van der Waals surface area contributed by atoms with Gasteiger partial charge in [0.05, 0.1) is 6.10 Å². The first-order chi connectivity index (χ1) is 9.25. The van der Waals surface area contributed by atoms with E-state index >= 15 is 0 Å². The quantitative estimate of drug-likeness (QED) is 0.750. The van der Waals surface area contributed by atoms with Crippen molar-refractivity contribution < 1.29 is 9.90 Å².